The van der Waals surface area contributed by atoms with E-state index in [1.807, 2.05) is 30.5 Å². The molecule has 0 amide bonds. The van der Waals surface area contributed by atoms with Crippen LogP contribution in [0.2, 0.25) is 0 Å². The van der Waals surface area contributed by atoms with Gasteiger partial charge in [-0.15, -0.1) is 0 Å². The Bertz CT molecular complexity index is 922. The van der Waals surface area contributed by atoms with Crippen LogP contribution < -0.4 is 0 Å². The molecule has 20 heavy (non-hydrogen) atoms. The number of aromatic nitrogens is 3. The lowest BCUT2D eigenvalue weighted by molar-refractivity contribution is 1.14. The molecule has 4 aromatic rings. The molecule has 0 aliphatic heterocycles. The van der Waals surface area contributed by atoms with Gasteiger partial charge in [-0.3, -0.25) is 4.40 Å². The summed E-state index contributed by atoms with van der Waals surface area (Å²) < 4.78 is 2.12. The number of para-hydroxylation sites is 2. The molecule has 0 bridgehead atoms. The second kappa shape index (κ2) is 4.17. The molecule has 3 nitrogen and oxygen atoms in total. The first-order valence-corrected chi connectivity index (χ1v) is 6.63. The standard InChI is InChI=1S/C17H13N3/c1-12-6-2-3-7-13(12)15-10-11-18-17-19-14-8-4-5-9-16(14)20(15)17/h2-11H,1H3. The van der Waals surface area contributed by atoms with Gasteiger partial charge in [0.1, 0.15) is 0 Å². The molecule has 0 radical (unpaired) electrons. The van der Waals surface area contributed by atoms with Crippen molar-refractivity contribution in [2.24, 2.45) is 0 Å². The Labute approximate surface area is 116 Å². The predicted molar refractivity (Wildman–Crippen MR) is 80.7 cm³/mol. The number of benzene rings is 2. The van der Waals surface area contributed by atoms with Crippen LogP contribution in [0.5, 0.6) is 0 Å². The number of aryl methyl sites for hydroxylation is 1. The zero-order valence-electron chi connectivity index (χ0n) is 11.1. The lowest BCUT2D eigenvalue weighted by Crippen LogP contribution is -1.95. The zero-order chi connectivity index (χ0) is 13.5. The van der Waals surface area contributed by atoms with E-state index in [1.165, 1.54) is 11.1 Å². The smallest absolute Gasteiger partial charge is 0.235 e. The lowest BCUT2D eigenvalue weighted by Gasteiger charge is -2.08. The predicted octanol–water partition coefficient (Wildman–Crippen LogP) is 3.86. The fourth-order valence-electron chi connectivity index (χ4n) is 2.66. The van der Waals surface area contributed by atoms with E-state index in [2.05, 4.69) is 51.6 Å². The summed E-state index contributed by atoms with van der Waals surface area (Å²) in [5.74, 6) is 0.743. The maximum Gasteiger partial charge on any atom is 0.235 e. The molecule has 0 unspecified atom stereocenters. The van der Waals surface area contributed by atoms with Crippen LogP contribution in [0.1, 0.15) is 5.56 Å². The van der Waals surface area contributed by atoms with Crippen molar-refractivity contribution < 1.29 is 0 Å². The van der Waals surface area contributed by atoms with Gasteiger partial charge in [-0.1, -0.05) is 36.4 Å². The monoisotopic (exact) mass is 259 g/mol. The van der Waals surface area contributed by atoms with Gasteiger partial charge in [-0.05, 0) is 30.7 Å². The summed E-state index contributed by atoms with van der Waals surface area (Å²) in [6.07, 6.45) is 1.82. The molecule has 4 rings (SSSR count). The van der Waals surface area contributed by atoms with Gasteiger partial charge in [0.15, 0.2) is 0 Å². The SMILES string of the molecule is Cc1ccccc1-c1ccnc2nc3ccccc3n12. The minimum Gasteiger partial charge on any atom is -0.276 e. The van der Waals surface area contributed by atoms with Crippen molar-refractivity contribution in [2.45, 2.75) is 6.92 Å². The van der Waals surface area contributed by atoms with Crippen molar-refractivity contribution in [3.63, 3.8) is 0 Å². The van der Waals surface area contributed by atoms with E-state index in [0.717, 1.165) is 22.5 Å². The second-order valence-corrected chi connectivity index (χ2v) is 4.88. The van der Waals surface area contributed by atoms with Crippen LogP contribution in [0, 0.1) is 6.92 Å². The topological polar surface area (TPSA) is 30.2 Å². The minimum atomic E-state index is 0.743. The fraction of sp³-hybridized carbons (Fsp3) is 0.0588. The molecule has 2 aromatic carbocycles. The molecule has 0 saturated carbocycles. The zero-order valence-corrected chi connectivity index (χ0v) is 11.1. The van der Waals surface area contributed by atoms with Gasteiger partial charge in [-0.2, -0.15) is 0 Å². The van der Waals surface area contributed by atoms with E-state index in [0.29, 0.717) is 0 Å². The van der Waals surface area contributed by atoms with Gasteiger partial charge in [0, 0.05) is 11.8 Å². The average molecular weight is 259 g/mol. The minimum absolute atomic E-state index is 0.743. The second-order valence-electron chi connectivity index (χ2n) is 4.88. The van der Waals surface area contributed by atoms with E-state index in [4.69, 9.17) is 0 Å². The molecule has 0 saturated heterocycles. The first kappa shape index (κ1) is 11.2. The van der Waals surface area contributed by atoms with Crippen molar-refractivity contribution in [3.05, 3.63) is 66.4 Å². The summed E-state index contributed by atoms with van der Waals surface area (Å²) in [7, 11) is 0. The van der Waals surface area contributed by atoms with Crippen molar-refractivity contribution in [1.82, 2.24) is 14.4 Å². The normalized spacial score (nSPS) is 11.2. The van der Waals surface area contributed by atoms with Crippen LogP contribution in [0.4, 0.5) is 0 Å². The first-order valence-electron chi connectivity index (χ1n) is 6.63. The van der Waals surface area contributed by atoms with Crippen molar-refractivity contribution in [3.8, 4) is 11.3 Å². The summed E-state index contributed by atoms with van der Waals surface area (Å²) in [6, 6.07) is 18.6. The Balaban J connectivity index is 2.17. The summed E-state index contributed by atoms with van der Waals surface area (Å²) >= 11 is 0. The van der Waals surface area contributed by atoms with Crippen LogP contribution in [-0.2, 0) is 0 Å². The molecule has 0 fully saturated rings. The third-order valence-electron chi connectivity index (χ3n) is 3.63. The van der Waals surface area contributed by atoms with E-state index in [-0.39, 0.29) is 0 Å². The molecule has 0 aliphatic rings. The lowest BCUT2D eigenvalue weighted by atomic mass is 10.1. The van der Waals surface area contributed by atoms with Crippen molar-refractivity contribution >= 4 is 16.8 Å². The highest BCUT2D eigenvalue weighted by atomic mass is 15.1. The van der Waals surface area contributed by atoms with E-state index in [9.17, 15) is 0 Å². The molecule has 0 N–H and O–H groups in total. The Morgan fingerprint density at radius 3 is 2.60 bits per heavy atom. The summed E-state index contributed by atoms with van der Waals surface area (Å²) in [4.78, 5) is 8.97. The summed E-state index contributed by atoms with van der Waals surface area (Å²) in [6.45, 7) is 2.13. The maximum absolute atomic E-state index is 4.58. The van der Waals surface area contributed by atoms with E-state index in [1.54, 1.807) is 0 Å². The van der Waals surface area contributed by atoms with Gasteiger partial charge in [0.05, 0.1) is 16.7 Å². The highest BCUT2D eigenvalue weighted by molar-refractivity contribution is 5.82. The van der Waals surface area contributed by atoms with Crippen molar-refractivity contribution in [2.75, 3.05) is 0 Å². The molecule has 0 aliphatic carbocycles. The van der Waals surface area contributed by atoms with Gasteiger partial charge in [0.25, 0.3) is 0 Å². The number of hydrogen-bond acceptors (Lipinski definition) is 2. The third kappa shape index (κ3) is 1.53. The van der Waals surface area contributed by atoms with Crippen LogP contribution in [-0.4, -0.2) is 14.4 Å². The average Bonchev–Trinajstić information content (AvgIpc) is 2.86. The molecule has 3 heteroatoms. The Morgan fingerprint density at radius 2 is 1.70 bits per heavy atom. The number of nitrogens with zero attached hydrogens (tertiary/aromatic N) is 3. The van der Waals surface area contributed by atoms with Gasteiger partial charge in [-0.25, -0.2) is 9.97 Å². The molecular formula is C17H13N3. The van der Waals surface area contributed by atoms with Gasteiger partial charge in [0.2, 0.25) is 5.78 Å². The molecule has 0 spiro atoms. The fourth-order valence-corrected chi connectivity index (χ4v) is 2.66. The van der Waals surface area contributed by atoms with Crippen LogP contribution in [0.15, 0.2) is 60.8 Å². The molecule has 96 valence electrons. The maximum atomic E-state index is 4.58. The number of rotatable bonds is 1. The van der Waals surface area contributed by atoms with Crippen molar-refractivity contribution in [1.29, 1.82) is 0 Å². The van der Waals surface area contributed by atoms with Gasteiger partial charge >= 0.3 is 0 Å². The Morgan fingerprint density at radius 1 is 0.900 bits per heavy atom. The first-order chi connectivity index (χ1) is 9.84. The number of hydrogen-bond donors (Lipinski definition) is 0. The highest BCUT2D eigenvalue weighted by Crippen LogP contribution is 2.26. The number of imidazole rings is 1. The number of fused-ring (bicyclic) bond motifs is 3. The molecule has 2 aromatic heterocycles. The quantitative estimate of drug-likeness (QED) is 0.519. The van der Waals surface area contributed by atoms with Crippen LogP contribution in [0.3, 0.4) is 0 Å². The molecular weight excluding hydrogens is 246 g/mol. The third-order valence-corrected chi connectivity index (χ3v) is 3.63. The van der Waals surface area contributed by atoms with E-state index >= 15 is 0 Å². The summed E-state index contributed by atoms with van der Waals surface area (Å²) in [5, 5.41) is 0. The van der Waals surface area contributed by atoms with Gasteiger partial charge < -0.3 is 0 Å². The molecule has 0 atom stereocenters. The molecule has 2 heterocycles. The largest absolute Gasteiger partial charge is 0.276 e. The summed E-state index contributed by atoms with van der Waals surface area (Å²) in [5.41, 5.74) is 5.65. The van der Waals surface area contributed by atoms with Crippen LogP contribution in [0.25, 0.3) is 28.1 Å². The van der Waals surface area contributed by atoms with E-state index < -0.39 is 0 Å². The van der Waals surface area contributed by atoms with Crippen LogP contribution >= 0.6 is 0 Å². The Kier molecular flexibility index (Phi) is 2.33. The Hall–Kier alpha value is -2.68. The highest BCUT2D eigenvalue weighted by Gasteiger charge is 2.11.